The zero-order chi connectivity index (χ0) is 26.4. The first kappa shape index (κ1) is 31.0. The lowest BCUT2D eigenvalue weighted by atomic mass is 9.82. The minimum atomic E-state index is -0.492. The first-order valence-corrected chi connectivity index (χ1v) is 15.3. The number of ether oxygens (including phenoxy) is 2. The van der Waals surface area contributed by atoms with Crippen LogP contribution in [0, 0.1) is 5.92 Å². The third-order valence-electron chi connectivity index (χ3n) is 8.02. The second-order valence-electron chi connectivity index (χ2n) is 11.2. The van der Waals surface area contributed by atoms with Gasteiger partial charge < -0.3 is 14.4 Å². The van der Waals surface area contributed by atoms with Crippen LogP contribution in [0.3, 0.4) is 0 Å². The molecule has 210 valence electrons. The number of esters is 1. The van der Waals surface area contributed by atoms with Crippen LogP contribution in [0.1, 0.15) is 90.2 Å². The quantitative estimate of drug-likeness (QED) is 0.147. The van der Waals surface area contributed by atoms with E-state index in [0.717, 1.165) is 48.5 Å². The van der Waals surface area contributed by atoms with Gasteiger partial charge in [0.2, 0.25) is 0 Å². The molecule has 2 atom stereocenters. The summed E-state index contributed by atoms with van der Waals surface area (Å²) in [5, 5.41) is 0. The van der Waals surface area contributed by atoms with E-state index < -0.39 is 5.60 Å². The highest BCUT2D eigenvalue weighted by molar-refractivity contribution is 8.93. The Kier molecular flexibility index (Phi) is 11.6. The van der Waals surface area contributed by atoms with E-state index in [1.54, 1.807) is 6.20 Å². The van der Waals surface area contributed by atoms with Crippen LogP contribution in [-0.2, 0) is 10.4 Å². The molecule has 0 saturated carbocycles. The average Bonchev–Trinajstić information content (AvgIpc) is 2.88. The fraction of sp³-hybridized carbons (Fsp3) is 0.613. The third kappa shape index (κ3) is 7.54. The van der Waals surface area contributed by atoms with Crippen LogP contribution in [0.4, 0.5) is 0 Å². The van der Waals surface area contributed by atoms with Crippen molar-refractivity contribution in [2.45, 2.75) is 84.7 Å². The highest BCUT2D eigenvalue weighted by Crippen LogP contribution is 2.50. The number of halogens is 1. The van der Waals surface area contributed by atoms with Crippen molar-refractivity contribution in [1.29, 1.82) is 0 Å². The van der Waals surface area contributed by atoms with Crippen LogP contribution in [0.2, 0.25) is 0 Å². The number of thioether (sulfide) groups is 1. The summed E-state index contributed by atoms with van der Waals surface area (Å²) in [5.74, 6) is 4.43. The van der Waals surface area contributed by atoms with Crippen molar-refractivity contribution in [1.82, 2.24) is 9.88 Å². The Morgan fingerprint density at radius 2 is 1.95 bits per heavy atom. The predicted molar refractivity (Wildman–Crippen MR) is 164 cm³/mol. The molecule has 38 heavy (non-hydrogen) atoms. The van der Waals surface area contributed by atoms with Crippen molar-refractivity contribution >= 4 is 34.7 Å². The molecule has 5 nitrogen and oxygen atoms in total. The molecule has 1 saturated heterocycles. The minimum Gasteiger partial charge on any atom is -0.482 e. The lowest BCUT2D eigenvalue weighted by Gasteiger charge is -2.36. The molecule has 1 aromatic carbocycles. The molecule has 4 rings (SSSR count). The molecule has 2 aromatic rings. The number of aromatic nitrogens is 1. The summed E-state index contributed by atoms with van der Waals surface area (Å²) < 4.78 is 12.7. The maximum absolute atomic E-state index is 13.1. The molecule has 2 aliphatic rings. The molecule has 0 radical (unpaired) electrons. The van der Waals surface area contributed by atoms with Crippen molar-refractivity contribution in [2.24, 2.45) is 5.92 Å². The molecule has 2 aliphatic heterocycles. The van der Waals surface area contributed by atoms with E-state index >= 15 is 0 Å². The van der Waals surface area contributed by atoms with Crippen molar-refractivity contribution < 1.29 is 14.3 Å². The standard InChI is InChI=1S/C31H44N2O3S.BrH/c1-6-7-8-10-22(2)23(3)24-19-27(35-29(34)11-9-14-33-15-17-37-18-16-33)30-25-21-32-13-12-26(25)31(4,5)36-28(30)20-24;/h12-13,19-23H,6-11,14-18H2,1-5H3;1H. The summed E-state index contributed by atoms with van der Waals surface area (Å²) in [6.07, 6.45) is 9.83. The molecule has 2 unspecified atom stereocenters. The molecule has 3 heterocycles. The molecule has 0 bridgehead atoms. The number of hydrogen-bond acceptors (Lipinski definition) is 6. The highest BCUT2D eigenvalue weighted by atomic mass is 79.9. The monoisotopic (exact) mass is 604 g/mol. The van der Waals surface area contributed by atoms with Gasteiger partial charge in [0, 0.05) is 54.5 Å². The fourth-order valence-electron chi connectivity index (χ4n) is 5.49. The first-order valence-electron chi connectivity index (χ1n) is 14.1. The number of carbonyl (C=O) groups is 1. The normalized spacial score (nSPS) is 17.8. The molecule has 0 N–H and O–H groups in total. The maximum Gasteiger partial charge on any atom is 0.311 e. The molecule has 7 heteroatoms. The zero-order valence-electron chi connectivity index (χ0n) is 23.8. The predicted octanol–water partition coefficient (Wildman–Crippen LogP) is 8.01. The number of nitrogens with zero attached hydrogens (tertiary/aromatic N) is 2. The fourth-order valence-corrected chi connectivity index (χ4v) is 6.47. The van der Waals surface area contributed by atoms with Gasteiger partial charge in [-0.05, 0) is 62.4 Å². The van der Waals surface area contributed by atoms with Gasteiger partial charge in [0.05, 0.1) is 5.56 Å². The van der Waals surface area contributed by atoms with E-state index in [0.29, 0.717) is 24.0 Å². The highest BCUT2D eigenvalue weighted by Gasteiger charge is 2.35. The van der Waals surface area contributed by atoms with Gasteiger partial charge in [-0.15, -0.1) is 17.0 Å². The number of hydrogen-bond donors (Lipinski definition) is 0. The van der Waals surface area contributed by atoms with Crippen LogP contribution in [-0.4, -0.2) is 47.0 Å². The number of rotatable bonds is 11. The molecule has 1 fully saturated rings. The Morgan fingerprint density at radius 3 is 2.68 bits per heavy atom. The van der Waals surface area contributed by atoms with Gasteiger partial charge in [0.25, 0.3) is 0 Å². The van der Waals surface area contributed by atoms with Gasteiger partial charge in [0.1, 0.15) is 17.1 Å². The number of fused-ring (bicyclic) bond motifs is 3. The molecule has 0 spiro atoms. The summed E-state index contributed by atoms with van der Waals surface area (Å²) in [6, 6.07) is 6.25. The second kappa shape index (κ2) is 14.2. The van der Waals surface area contributed by atoms with Gasteiger partial charge >= 0.3 is 5.97 Å². The van der Waals surface area contributed by atoms with Crippen LogP contribution in [0.15, 0.2) is 30.6 Å². The number of benzene rings is 1. The third-order valence-corrected chi connectivity index (χ3v) is 8.96. The summed E-state index contributed by atoms with van der Waals surface area (Å²) in [4.78, 5) is 19.9. The number of carbonyl (C=O) groups excluding carboxylic acids is 1. The average molecular weight is 606 g/mol. The number of pyridine rings is 1. The molecular weight excluding hydrogens is 560 g/mol. The second-order valence-corrected chi connectivity index (χ2v) is 12.4. The molecule has 0 aliphatic carbocycles. The van der Waals surface area contributed by atoms with Crippen LogP contribution >= 0.6 is 28.7 Å². The van der Waals surface area contributed by atoms with Gasteiger partial charge in [-0.25, -0.2) is 0 Å². The molecule has 1 aromatic heterocycles. The SMILES string of the molecule is Br.CCCCCC(C)C(C)c1cc(OC(=O)CCCN2CCSCC2)c2c(c1)OC(C)(C)c1ccncc1-2. The molecule has 0 amide bonds. The smallest absolute Gasteiger partial charge is 0.311 e. The van der Waals surface area contributed by atoms with Crippen LogP contribution in [0.5, 0.6) is 11.5 Å². The van der Waals surface area contributed by atoms with Crippen molar-refractivity contribution in [3.8, 4) is 22.6 Å². The van der Waals surface area contributed by atoms with Crippen molar-refractivity contribution in [2.75, 3.05) is 31.1 Å². The Hall–Kier alpha value is -1.57. The van der Waals surface area contributed by atoms with E-state index in [-0.39, 0.29) is 23.0 Å². The van der Waals surface area contributed by atoms with E-state index in [1.165, 1.54) is 42.8 Å². The van der Waals surface area contributed by atoms with E-state index in [1.807, 2.05) is 24.0 Å². The van der Waals surface area contributed by atoms with Crippen LogP contribution in [0.25, 0.3) is 11.1 Å². The summed E-state index contributed by atoms with van der Waals surface area (Å²) >= 11 is 2.01. The summed E-state index contributed by atoms with van der Waals surface area (Å²) in [7, 11) is 0. The Balaban J connectivity index is 0.00000400. The Bertz CT molecular complexity index is 1070. The lowest BCUT2D eigenvalue weighted by Crippen LogP contribution is -2.33. The summed E-state index contributed by atoms with van der Waals surface area (Å²) in [5.41, 5.74) is 3.56. The Morgan fingerprint density at radius 1 is 1.18 bits per heavy atom. The van der Waals surface area contributed by atoms with Gasteiger partial charge in [-0.1, -0.05) is 46.5 Å². The lowest BCUT2D eigenvalue weighted by molar-refractivity contribution is -0.134. The van der Waals surface area contributed by atoms with E-state index in [2.05, 4.69) is 56.6 Å². The largest absolute Gasteiger partial charge is 0.482 e. The number of unbranched alkanes of at least 4 members (excludes halogenated alkanes) is 2. The van der Waals surface area contributed by atoms with Gasteiger partial charge in [-0.2, -0.15) is 11.8 Å². The van der Waals surface area contributed by atoms with Gasteiger partial charge in [0.15, 0.2) is 0 Å². The van der Waals surface area contributed by atoms with Crippen molar-refractivity contribution in [3.63, 3.8) is 0 Å². The topological polar surface area (TPSA) is 51.7 Å². The van der Waals surface area contributed by atoms with E-state index in [9.17, 15) is 4.79 Å². The molecular formula is C31H45BrN2O3S. The van der Waals surface area contributed by atoms with Crippen molar-refractivity contribution in [3.05, 3.63) is 41.7 Å². The van der Waals surface area contributed by atoms with E-state index in [4.69, 9.17) is 9.47 Å². The summed E-state index contributed by atoms with van der Waals surface area (Å²) in [6.45, 7) is 14.2. The maximum atomic E-state index is 13.1. The first-order chi connectivity index (χ1) is 17.8. The minimum absolute atomic E-state index is 0. The van der Waals surface area contributed by atoms with Gasteiger partial charge in [-0.3, -0.25) is 9.78 Å². The Labute approximate surface area is 244 Å². The van der Waals surface area contributed by atoms with Crippen LogP contribution < -0.4 is 9.47 Å². The zero-order valence-corrected chi connectivity index (χ0v) is 26.3.